The molecule has 1 unspecified atom stereocenters. The van der Waals surface area contributed by atoms with Crippen molar-refractivity contribution < 1.29 is 0 Å². The number of nitrogens with zero attached hydrogens (tertiary/aromatic N) is 4. The van der Waals surface area contributed by atoms with Gasteiger partial charge in [0, 0.05) is 7.05 Å². The van der Waals surface area contributed by atoms with Crippen molar-refractivity contribution in [3.8, 4) is 0 Å². The summed E-state index contributed by atoms with van der Waals surface area (Å²) >= 11 is 4.80. The van der Waals surface area contributed by atoms with Crippen molar-refractivity contribution in [1.29, 1.82) is 0 Å². The Morgan fingerprint density at radius 2 is 2.38 bits per heavy atom. The zero-order chi connectivity index (χ0) is 11.7. The van der Waals surface area contributed by atoms with Crippen LogP contribution in [0.4, 0.5) is 0 Å². The van der Waals surface area contributed by atoms with Crippen molar-refractivity contribution in [1.82, 2.24) is 19.4 Å². The highest BCUT2D eigenvalue weighted by Gasteiger charge is 2.21. The molecule has 86 valence electrons. The average Bonchev–Trinajstić information content (AvgIpc) is 2.85. The smallest absolute Gasteiger partial charge is 0.0863 e. The van der Waals surface area contributed by atoms with Crippen molar-refractivity contribution in [2.75, 3.05) is 0 Å². The fourth-order valence-corrected chi connectivity index (χ4v) is 2.93. The summed E-state index contributed by atoms with van der Waals surface area (Å²) in [5.41, 5.74) is 8.13. The third kappa shape index (κ3) is 1.90. The standard InChI is InChI=1S/C9H12BrN5S/c1-3-6-9(16-14-13-6)7(11)8-5(10)4-12-15(8)2/h4,7H,3,11H2,1-2H3. The van der Waals surface area contributed by atoms with Crippen LogP contribution >= 0.6 is 27.5 Å². The molecule has 2 N–H and O–H groups in total. The highest BCUT2D eigenvalue weighted by atomic mass is 79.9. The quantitative estimate of drug-likeness (QED) is 0.936. The zero-order valence-electron chi connectivity index (χ0n) is 9.01. The number of halogens is 1. The molecular formula is C9H12BrN5S. The van der Waals surface area contributed by atoms with Crippen LogP contribution in [0.1, 0.15) is 29.2 Å². The molecule has 7 heteroatoms. The SMILES string of the molecule is CCc1nnsc1C(N)c1c(Br)cnn1C. The Balaban J connectivity index is 2.43. The maximum absolute atomic E-state index is 6.22. The lowest BCUT2D eigenvalue weighted by Crippen LogP contribution is -2.16. The van der Waals surface area contributed by atoms with Crippen LogP contribution in [0.5, 0.6) is 0 Å². The molecule has 2 heterocycles. The predicted molar refractivity (Wildman–Crippen MR) is 66.2 cm³/mol. The highest BCUT2D eigenvalue weighted by Crippen LogP contribution is 2.29. The Morgan fingerprint density at radius 1 is 1.62 bits per heavy atom. The highest BCUT2D eigenvalue weighted by molar-refractivity contribution is 9.10. The Hall–Kier alpha value is -0.790. The Morgan fingerprint density at radius 3 is 2.94 bits per heavy atom. The van der Waals surface area contributed by atoms with E-state index in [2.05, 4.69) is 30.6 Å². The van der Waals surface area contributed by atoms with Gasteiger partial charge < -0.3 is 5.73 Å². The van der Waals surface area contributed by atoms with Gasteiger partial charge in [-0.1, -0.05) is 11.4 Å². The van der Waals surface area contributed by atoms with E-state index in [1.807, 2.05) is 14.0 Å². The normalized spacial score (nSPS) is 13.0. The van der Waals surface area contributed by atoms with Crippen molar-refractivity contribution >= 4 is 27.5 Å². The molecule has 0 amide bonds. The second-order valence-electron chi connectivity index (χ2n) is 3.42. The van der Waals surface area contributed by atoms with Gasteiger partial charge >= 0.3 is 0 Å². The van der Waals surface area contributed by atoms with Gasteiger partial charge in [-0.25, -0.2) is 0 Å². The van der Waals surface area contributed by atoms with Crippen molar-refractivity contribution in [2.45, 2.75) is 19.4 Å². The van der Waals surface area contributed by atoms with Gasteiger partial charge in [0.2, 0.25) is 0 Å². The first-order chi connectivity index (χ1) is 7.65. The minimum atomic E-state index is -0.225. The topological polar surface area (TPSA) is 69.6 Å². The minimum Gasteiger partial charge on any atom is -0.318 e. The van der Waals surface area contributed by atoms with Crippen LogP contribution in [-0.2, 0) is 13.5 Å². The number of aromatic nitrogens is 4. The molecule has 0 aliphatic heterocycles. The summed E-state index contributed by atoms with van der Waals surface area (Å²) in [6.45, 7) is 2.05. The first-order valence-electron chi connectivity index (χ1n) is 4.89. The third-order valence-corrected chi connectivity index (χ3v) is 3.90. The molecule has 0 fully saturated rings. The molecule has 16 heavy (non-hydrogen) atoms. The number of rotatable bonds is 3. The summed E-state index contributed by atoms with van der Waals surface area (Å²) in [5.74, 6) is 0. The summed E-state index contributed by atoms with van der Waals surface area (Å²) in [6.07, 6.45) is 2.59. The Bertz CT molecular complexity index is 472. The van der Waals surface area contributed by atoms with E-state index in [1.54, 1.807) is 10.9 Å². The van der Waals surface area contributed by atoms with E-state index in [4.69, 9.17) is 5.73 Å². The van der Waals surface area contributed by atoms with E-state index in [9.17, 15) is 0 Å². The molecule has 0 bridgehead atoms. The van der Waals surface area contributed by atoms with Crippen LogP contribution in [0.3, 0.4) is 0 Å². The van der Waals surface area contributed by atoms with Gasteiger partial charge in [0.05, 0.1) is 33.0 Å². The van der Waals surface area contributed by atoms with Crippen molar-refractivity contribution in [3.05, 3.63) is 26.9 Å². The fourth-order valence-electron chi connectivity index (χ4n) is 1.59. The molecule has 2 aromatic heterocycles. The lowest BCUT2D eigenvalue weighted by molar-refractivity contribution is 0.672. The molecule has 0 aliphatic carbocycles. The average molecular weight is 302 g/mol. The van der Waals surface area contributed by atoms with E-state index in [-0.39, 0.29) is 6.04 Å². The number of aryl methyl sites for hydroxylation is 2. The molecule has 0 aliphatic rings. The molecule has 0 aromatic carbocycles. The van der Waals surface area contributed by atoms with Gasteiger partial charge in [-0.05, 0) is 33.9 Å². The molecule has 5 nitrogen and oxygen atoms in total. The summed E-state index contributed by atoms with van der Waals surface area (Å²) in [5, 5.41) is 8.22. The van der Waals surface area contributed by atoms with Gasteiger partial charge in [-0.3, -0.25) is 4.68 Å². The van der Waals surface area contributed by atoms with Crippen LogP contribution in [0.2, 0.25) is 0 Å². The van der Waals surface area contributed by atoms with E-state index in [1.165, 1.54) is 11.5 Å². The van der Waals surface area contributed by atoms with Gasteiger partial charge in [-0.15, -0.1) is 5.10 Å². The number of hydrogen-bond donors (Lipinski definition) is 1. The summed E-state index contributed by atoms with van der Waals surface area (Å²) < 4.78 is 6.64. The van der Waals surface area contributed by atoms with E-state index < -0.39 is 0 Å². The lowest BCUT2D eigenvalue weighted by atomic mass is 10.1. The number of nitrogens with two attached hydrogens (primary N) is 1. The van der Waals surface area contributed by atoms with Crippen LogP contribution < -0.4 is 5.73 Å². The first-order valence-corrected chi connectivity index (χ1v) is 6.45. The summed E-state index contributed by atoms with van der Waals surface area (Å²) in [6, 6.07) is -0.225. The van der Waals surface area contributed by atoms with Crippen molar-refractivity contribution in [2.24, 2.45) is 12.8 Å². The molecule has 0 radical (unpaired) electrons. The Kier molecular flexibility index (Phi) is 3.36. The molecule has 0 saturated heterocycles. The molecule has 2 rings (SSSR count). The molecule has 0 saturated carbocycles. The second-order valence-corrected chi connectivity index (χ2v) is 5.06. The zero-order valence-corrected chi connectivity index (χ0v) is 11.4. The maximum Gasteiger partial charge on any atom is 0.0863 e. The first kappa shape index (κ1) is 11.7. The van der Waals surface area contributed by atoms with Crippen LogP contribution in [0, 0.1) is 0 Å². The van der Waals surface area contributed by atoms with Crippen molar-refractivity contribution in [3.63, 3.8) is 0 Å². The van der Waals surface area contributed by atoms with Gasteiger partial charge in [-0.2, -0.15) is 5.10 Å². The molecule has 0 spiro atoms. The van der Waals surface area contributed by atoms with Gasteiger partial charge in [0.25, 0.3) is 0 Å². The van der Waals surface area contributed by atoms with E-state index in [0.717, 1.165) is 27.2 Å². The minimum absolute atomic E-state index is 0.225. The summed E-state index contributed by atoms with van der Waals surface area (Å²) in [7, 11) is 1.88. The maximum atomic E-state index is 6.22. The second kappa shape index (κ2) is 4.60. The Labute approximate surface area is 106 Å². The molecule has 1 atom stereocenters. The van der Waals surface area contributed by atoms with Crippen LogP contribution in [-0.4, -0.2) is 19.4 Å². The lowest BCUT2D eigenvalue weighted by Gasteiger charge is -2.11. The van der Waals surface area contributed by atoms with Gasteiger partial charge in [0.1, 0.15) is 0 Å². The van der Waals surface area contributed by atoms with Crippen LogP contribution in [0.15, 0.2) is 10.7 Å². The molecular weight excluding hydrogens is 290 g/mol. The largest absolute Gasteiger partial charge is 0.318 e. The summed E-state index contributed by atoms with van der Waals surface area (Å²) in [4.78, 5) is 1.01. The fraction of sp³-hybridized carbons (Fsp3) is 0.444. The number of hydrogen-bond acceptors (Lipinski definition) is 5. The molecule has 2 aromatic rings. The predicted octanol–water partition coefficient (Wildman–Crippen LogP) is 1.64. The van der Waals surface area contributed by atoms with E-state index >= 15 is 0 Å². The monoisotopic (exact) mass is 301 g/mol. The van der Waals surface area contributed by atoms with E-state index in [0.29, 0.717) is 0 Å². The van der Waals surface area contributed by atoms with Crippen LogP contribution in [0.25, 0.3) is 0 Å². The van der Waals surface area contributed by atoms with Gasteiger partial charge in [0.15, 0.2) is 0 Å². The third-order valence-electron chi connectivity index (χ3n) is 2.43.